The molecule has 106 valence electrons. The summed E-state index contributed by atoms with van der Waals surface area (Å²) in [7, 11) is 0. The van der Waals surface area contributed by atoms with Gasteiger partial charge in [-0.05, 0) is 29.3 Å². The maximum Gasteiger partial charge on any atom is 0.248 e. The van der Waals surface area contributed by atoms with Crippen LogP contribution in [0.2, 0.25) is 0 Å². The monoisotopic (exact) mass is 287 g/mol. The van der Waals surface area contributed by atoms with Gasteiger partial charge in [-0.3, -0.25) is 9.20 Å². The first-order valence-electron chi connectivity index (χ1n) is 7.03. The number of pyridine rings is 2. The summed E-state index contributed by atoms with van der Waals surface area (Å²) >= 11 is 0. The van der Waals surface area contributed by atoms with Crippen LogP contribution >= 0.6 is 0 Å². The summed E-state index contributed by atoms with van der Waals surface area (Å²) < 4.78 is 1.97. The molecule has 0 saturated heterocycles. The van der Waals surface area contributed by atoms with Crippen LogP contribution in [0.4, 0.5) is 0 Å². The molecule has 4 aromatic rings. The molecular formula is C18H13N3O. The van der Waals surface area contributed by atoms with Crippen LogP contribution in [0.25, 0.3) is 28.2 Å². The van der Waals surface area contributed by atoms with E-state index in [2.05, 4.69) is 28.2 Å². The van der Waals surface area contributed by atoms with Gasteiger partial charge >= 0.3 is 0 Å². The van der Waals surface area contributed by atoms with Gasteiger partial charge in [0.05, 0.1) is 17.6 Å². The Morgan fingerprint density at radius 3 is 2.59 bits per heavy atom. The SMILES string of the molecule is O=c1cccc(-c2cnc3cc(-c4ccccc4)ccn23)[nH]1. The number of aromatic nitrogens is 3. The van der Waals surface area contributed by atoms with Crippen LogP contribution < -0.4 is 5.56 Å². The Kier molecular flexibility index (Phi) is 2.86. The van der Waals surface area contributed by atoms with E-state index >= 15 is 0 Å². The molecule has 0 spiro atoms. The minimum atomic E-state index is -0.117. The minimum absolute atomic E-state index is 0.117. The number of H-pyrrole nitrogens is 1. The molecule has 4 heteroatoms. The third-order valence-electron chi connectivity index (χ3n) is 3.66. The number of rotatable bonds is 2. The number of nitrogens with zero attached hydrogens (tertiary/aromatic N) is 2. The second kappa shape index (κ2) is 5.00. The Morgan fingerprint density at radius 2 is 1.77 bits per heavy atom. The zero-order valence-electron chi connectivity index (χ0n) is 11.7. The fourth-order valence-corrected chi connectivity index (χ4v) is 2.59. The third kappa shape index (κ3) is 2.11. The molecule has 0 saturated carbocycles. The van der Waals surface area contributed by atoms with Gasteiger partial charge in [0, 0.05) is 12.3 Å². The maximum absolute atomic E-state index is 11.5. The quantitative estimate of drug-likeness (QED) is 0.614. The van der Waals surface area contributed by atoms with Crippen LogP contribution in [0.15, 0.2) is 77.9 Å². The summed E-state index contributed by atoms with van der Waals surface area (Å²) in [5, 5.41) is 0. The fourth-order valence-electron chi connectivity index (χ4n) is 2.59. The molecule has 0 unspecified atom stereocenters. The Balaban J connectivity index is 1.86. The van der Waals surface area contributed by atoms with Crippen molar-refractivity contribution in [3.05, 3.63) is 83.4 Å². The number of nitrogens with one attached hydrogen (secondary N) is 1. The summed E-state index contributed by atoms with van der Waals surface area (Å²) in [4.78, 5) is 18.8. The van der Waals surface area contributed by atoms with Gasteiger partial charge in [0.1, 0.15) is 5.65 Å². The van der Waals surface area contributed by atoms with Gasteiger partial charge < -0.3 is 4.98 Å². The number of hydrogen-bond acceptors (Lipinski definition) is 2. The van der Waals surface area contributed by atoms with Crippen molar-refractivity contribution in [2.45, 2.75) is 0 Å². The predicted molar refractivity (Wildman–Crippen MR) is 86.7 cm³/mol. The van der Waals surface area contributed by atoms with Crippen LogP contribution in [0.3, 0.4) is 0 Å². The van der Waals surface area contributed by atoms with E-state index in [1.165, 1.54) is 6.07 Å². The van der Waals surface area contributed by atoms with Crippen LogP contribution in [0.5, 0.6) is 0 Å². The van der Waals surface area contributed by atoms with Gasteiger partial charge in [-0.25, -0.2) is 4.98 Å². The highest BCUT2D eigenvalue weighted by atomic mass is 16.1. The molecule has 0 aliphatic carbocycles. The second-order valence-corrected chi connectivity index (χ2v) is 5.08. The molecule has 22 heavy (non-hydrogen) atoms. The van der Waals surface area contributed by atoms with Gasteiger partial charge in [-0.15, -0.1) is 0 Å². The highest BCUT2D eigenvalue weighted by Crippen LogP contribution is 2.23. The van der Waals surface area contributed by atoms with Crippen LogP contribution in [0, 0.1) is 0 Å². The molecule has 0 radical (unpaired) electrons. The van der Waals surface area contributed by atoms with Crippen LogP contribution in [0.1, 0.15) is 0 Å². The van der Waals surface area contributed by atoms with Crippen molar-refractivity contribution < 1.29 is 0 Å². The van der Waals surface area contributed by atoms with Crippen molar-refractivity contribution in [2.75, 3.05) is 0 Å². The van der Waals surface area contributed by atoms with Gasteiger partial charge in [0.25, 0.3) is 0 Å². The van der Waals surface area contributed by atoms with Crippen molar-refractivity contribution in [3.8, 4) is 22.5 Å². The van der Waals surface area contributed by atoms with Gasteiger partial charge in [0.2, 0.25) is 5.56 Å². The zero-order valence-corrected chi connectivity index (χ0v) is 11.7. The molecule has 1 aromatic carbocycles. The highest BCUT2D eigenvalue weighted by molar-refractivity contribution is 5.69. The number of imidazole rings is 1. The van der Waals surface area contributed by atoms with E-state index in [0.717, 1.165) is 28.2 Å². The van der Waals surface area contributed by atoms with E-state index in [4.69, 9.17) is 0 Å². The molecular weight excluding hydrogens is 274 g/mol. The van der Waals surface area contributed by atoms with Gasteiger partial charge in [-0.2, -0.15) is 0 Å². The first-order chi connectivity index (χ1) is 10.8. The normalized spacial score (nSPS) is 10.9. The zero-order chi connectivity index (χ0) is 14.9. The van der Waals surface area contributed by atoms with Crippen LogP contribution in [-0.2, 0) is 0 Å². The molecule has 0 aliphatic rings. The van der Waals surface area contributed by atoms with Crippen molar-refractivity contribution in [2.24, 2.45) is 0 Å². The van der Waals surface area contributed by atoms with Crippen molar-refractivity contribution in [1.29, 1.82) is 0 Å². The topological polar surface area (TPSA) is 50.2 Å². The summed E-state index contributed by atoms with van der Waals surface area (Å²) in [5.74, 6) is 0. The van der Waals surface area contributed by atoms with E-state index in [0.29, 0.717) is 0 Å². The smallest absolute Gasteiger partial charge is 0.248 e. The standard InChI is InChI=1S/C18H13N3O/c22-18-8-4-7-15(20-18)16-12-19-17-11-14(9-10-21(16)17)13-5-2-1-3-6-13/h1-12H,(H,20,22). The number of fused-ring (bicyclic) bond motifs is 1. The number of benzene rings is 1. The molecule has 0 atom stereocenters. The lowest BCUT2D eigenvalue weighted by Gasteiger charge is -2.04. The van der Waals surface area contributed by atoms with Crippen molar-refractivity contribution in [1.82, 2.24) is 14.4 Å². The summed E-state index contributed by atoms with van der Waals surface area (Å²) in [6.07, 6.45) is 3.75. The average molecular weight is 287 g/mol. The molecule has 0 bridgehead atoms. The van der Waals surface area contributed by atoms with E-state index in [-0.39, 0.29) is 5.56 Å². The van der Waals surface area contributed by atoms with Crippen molar-refractivity contribution in [3.63, 3.8) is 0 Å². The first kappa shape index (κ1) is 12.6. The fraction of sp³-hybridized carbons (Fsp3) is 0. The number of hydrogen-bond donors (Lipinski definition) is 1. The average Bonchev–Trinajstić information content (AvgIpc) is 2.99. The lowest BCUT2D eigenvalue weighted by molar-refractivity contribution is 1.15. The summed E-state index contributed by atoms with van der Waals surface area (Å²) in [6, 6.07) is 19.4. The Labute approximate surface area is 126 Å². The molecule has 0 amide bonds. The molecule has 4 rings (SSSR count). The van der Waals surface area contributed by atoms with Crippen molar-refractivity contribution >= 4 is 5.65 Å². The predicted octanol–water partition coefficient (Wildman–Crippen LogP) is 3.36. The van der Waals surface area contributed by atoms with Gasteiger partial charge in [-0.1, -0.05) is 36.4 Å². The van der Waals surface area contributed by atoms with E-state index in [9.17, 15) is 4.79 Å². The van der Waals surface area contributed by atoms with Gasteiger partial charge in [0.15, 0.2) is 0 Å². The summed E-state index contributed by atoms with van der Waals surface area (Å²) in [5.41, 5.74) is 4.63. The van der Waals surface area contributed by atoms with E-state index in [1.807, 2.05) is 40.9 Å². The largest absolute Gasteiger partial charge is 0.321 e. The second-order valence-electron chi connectivity index (χ2n) is 5.08. The lowest BCUT2D eigenvalue weighted by atomic mass is 10.1. The Morgan fingerprint density at radius 1 is 0.909 bits per heavy atom. The molecule has 1 N–H and O–H groups in total. The summed E-state index contributed by atoms with van der Waals surface area (Å²) in [6.45, 7) is 0. The third-order valence-corrected chi connectivity index (χ3v) is 3.66. The molecule has 4 nitrogen and oxygen atoms in total. The minimum Gasteiger partial charge on any atom is -0.321 e. The highest BCUT2D eigenvalue weighted by Gasteiger charge is 2.07. The number of aromatic amines is 1. The molecule has 0 aliphatic heterocycles. The Hall–Kier alpha value is -3.14. The Bertz CT molecular complexity index is 999. The van der Waals surface area contributed by atoms with Crippen LogP contribution in [-0.4, -0.2) is 14.4 Å². The van der Waals surface area contributed by atoms with E-state index < -0.39 is 0 Å². The molecule has 0 fully saturated rings. The lowest BCUT2D eigenvalue weighted by Crippen LogP contribution is -2.04. The van der Waals surface area contributed by atoms with E-state index in [1.54, 1.807) is 12.3 Å². The maximum atomic E-state index is 11.5. The molecule has 3 heterocycles. The molecule has 3 aromatic heterocycles. The first-order valence-corrected chi connectivity index (χ1v) is 7.03.